The van der Waals surface area contributed by atoms with Crippen molar-refractivity contribution in [1.29, 1.82) is 0 Å². The van der Waals surface area contributed by atoms with Gasteiger partial charge in [-0.15, -0.1) is 0 Å². The van der Waals surface area contributed by atoms with Crippen LogP contribution in [-0.4, -0.2) is 15.8 Å². The second-order valence-electron chi connectivity index (χ2n) is 4.18. The number of aliphatic hydroxyl groups is 1. The summed E-state index contributed by atoms with van der Waals surface area (Å²) in [5, 5.41) is 19.6. The minimum absolute atomic E-state index is 0.371. The molecular weight excluding hydrogens is 176 g/mol. The van der Waals surface area contributed by atoms with Crippen LogP contribution in [0.2, 0.25) is 0 Å². The molecule has 0 saturated heterocycles. The molecule has 2 heteroatoms. The van der Waals surface area contributed by atoms with Gasteiger partial charge >= 0.3 is 0 Å². The molecule has 1 aliphatic carbocycles. The Balaban J connectivity index is 2.24. The Labute approximate surface area is 84.2 Å². The maximum Gasteiger partial charge on any atom is 0.122 e. The highest BCUT2D eigenvalue weighted by Gasteiger charge is 2.40. The van der Waals surface area contributed by atoms with Gasteiger partial charge in [-0.3, -0.25) is 0 Å². The Kier molecular flexibility index (Phi) is 2.23. The first-order valence-electron chi connectivity index (χ1n) is 5.17. The van der Waals surface area contributed by atoms with E-state index in [1.807, 2.05) is 25.1 Å². The number of benzene rings is 1. The van der Waals surface area contributed by atoms with Gasteiger partial charge in [-0.05, 0) is 30.4 Å². The van der Waals surface area contributed by atoms with Crippen LogP contribution in [0.4, 0.5) is 0 Å². The first-order chi connectivity index (χ1) is 6.64. The van der Waals surface area contributed by atoms with E-state index in [1.54, 1.807) is 0 Å². The van der Waals surface area contributed by atoms with E-state index in [2.05, 4.69) is 0 Å². The monoisotopic (exact) mass is 192 g/mol. The maximum absolute atomic E-state index is 9.87. The van der Waals surface area contributed by atoms with E-state index < -0.39 is 5.60 Å². The Bertz CT molecular complexity index is 340. The normalized spacial score (nSPS) is 18.1. The minimum Gasteiger partial charge on any atom is -0.507 e. The van der Waals surface area contributed by atoms with E-state index >= 15 is 0 Å². The van der Waals surface area contributed by atoms with Gasteiger partial charge < -0.3 is 10.2 Å². The Hall–Kier alpha value is -1.02. The average molecular weight is 192 g/mol. The summed E-state index contributed by atoms with van der Waals surface area (Å²) in [7, 11) is 0. The van der Waals surface area contributed by atoms with Crippen molar-refractivity contribution in [2.45, 2.75) is 38.2 Å². The molecule has 14 heavy (non-hydrogen) atoms. The molecular formula is C12H16O2. The molecule has 2 nitrogen and oxygen atoms in total. The van der Waals surface area contributed by atoms with Gasteiger partial charge in [0.2, 0.25) is 0 Å². The van der Waals surface area contributed by atoms with Crippen LogP contribution >= 0.6 is 0 Å². The van der Waals surface area contributed by atoms with E-state index in [-0.39, 0.29) is 0 Å². The number of hydrogen-bond acceptors (Lipinski definition) is 2. The lowest BCUT2D eigenvalue weighted by Crippen LogP contribution is -2.11. The third kappa shape index (κ3) is 1.75. The highest BCUT2D eigenvalue weighted by Crippen LogP contribution is 2.40. The molecule has 1 aromatic rings. The molecule has 0 atom stereocenters. The molecule has 0 bridgehead atoms. The fourth-order valence-corrected chi connectivity index (χ4v) is 1.75. The molecule has 0 aliphatic heterocycles. The Morgan fingerprint density at radius 3 is 2.50 bits per heavy atom. The second-order valence-corrected chi connectivity index (χ2v) is 4.18. The zero-order valence-electron chi connectivity index (χ0n) is 8.45. The molecule has 0 aromatic heterocycles. The number of para-hydroxylation sites is 1. The maximum atomic E-state index is 9.87. The molecule has 0 unspecified atom stereocenters. The van der Waals surface area contributed by atoms with Crippen LogP contribution in [-0.2, 0) is 12.8 Å². The smallest absolute Gasteiger partial charge is 0.122 e. The van der Waals surface area contributed by atoms with Gasteiger partial charge in [-0.25, -0.2) is 0 Å². The van der Waals surface area contributed by atoms with Crippen molar-refractivity contribution < 1.29 is 10.2 Å². The summed E-state index contributed by atoms with van der Waals surface area (Å²) >= 11 is 0. The SMILES string of the molecule is CCc1cccc(CC2(O)CC2)c1O. The molecule has 1 aliphatic rings. The number of phenols is 1. The molecule has 1 fully saturated rings. The van der Waals surface area contributed by atoms with Gasteiger partial charge in [-0.1, -0.05) is 25.1 Å². The summed E-state index contributed by atoms with van der Waals surface area (Å²) in [5.74, 6) is 0.371. The summed E-state index contributed by atoms with van der Waals surface area (Å²) in [4.78, 5) is 0. The summed E-state index contributed by atoms with van der Waals surface area (Å²) in [6.45, 7) is 2.02. The van der Waals surface area contributed by atoms with Crippen molar-refractivity contribution in [2.75, 3.05) is 0 Å². The number of aromatic hydroxyl groups is 1. The van der Waals surface area contributed by atoms with Crippen LogP contribution in [0, 0.1) is 0 Å². The molecule has 2 N–H and O–H groups in total. The molecule has 0 spiro atoms. The minimum atomic E-state index is -0.524. The van der Waals surface area contributed by atoms with Crippen molar-refractivity contribution in [3.63, 3.8) is 0 Å². The standard InChI is InChI=1S/C12H16O2/c1-2-9-4-3-5-10(11(9)13)8-12(14)6-7-12/h3-5,13-14H,2,6-8H2,1H3. The molecule has 1 aromatic carbocycles. The van der Waals surface area contributed by atoms with E-state index in [1.165, 1.54) is 0 Å². The van der Waals surface area contributed by atoms with Crippen LogP contribution in [0.5, 0.6) is 5.75 Å². The van der Waals surface area contributed by atoms with Crippen LogP contribution in [0.15, 0.2) is 18.2 Å². The van der Waals surface area contributed by atoms with Crippen molar-refractivity contribution in [3.05, 3.63) is 29.3 Å². The number of aryl methyl sites for hydroxylation is 1. The predicted molar refractivity (Wildman–Crippen MR) is 55.4 cm³/mol. The second kappa shape index (κ2) is 3.28. The number of phenolic OH excluding ortho intramolecular Hbond substituents is 1. The fourth-order valence-electron chi connectivity index (χ4n) is 1.75. The third-order valence-corrected chi connectivity index (χ3v) is 2.93. The van der Waals surface area contributed by atoms with Gasteiger partial charge in [0.15, 0.2) is 0 Å². The molecule has 1 saturated carbocycles. The molecule has 76 valence electrons. The molecule has 0 radical (unpaired) electrons. The van der Waals surface area contributed by atoms with E-state index in [0.29, 0.717) is 12.2 Å². The van der Waals surface area contributed by atoms with Gasteiger partial charge in [0, 0.05) is 6.42 Å². The lowest BCUT2D eigenvalue weighted by molar-refractivity contribution is 0.150. The van der Waals surface area contributed by atoms with Crippen LogP contribution < -0.4 is 0 Å². The topological polar surface area (TPSA) is 40.5 Å². The highest BCUT2D eigenvalue weighted by molar-refractivity contribution is 5.41. The largest absolute Gasteiger partial charge is 0.507 e. The van der Waals surface area contributed by atoms with Crippen LogP contribution in [0.25, 0.3) is 0 Å². The highest BCUT2D eigenvalue weighted by atomic mass is 16.3. The van der Waals surface area contributed by atoms with Crippen LogP contribution in [0.1, 0.15) is 30.9 Å². The first kappa shape index (κ1) is 9.53. The molecule has 2 rings (SSSR count). The average Bonchev–Trinajstić information content (AvgIpc) is 2.88. The van der Waals surface area contributed by atoms with Gasteiger partial charge in [0.05, 0.1) is 5.60 Å². The molecule has 0 amide bonds. The zero-order valence-corrected chi connectivity index (χ0v) is 8.45. The van der Waals surface area contributed by atoms with Crippen molar-refractivity contribution in [2.24, 2.45) is 0 Å². The molecule has 0 heterocycles. The Morgan fingerprint density at radius 2 is 1.93 bits per heavy atom. The van der Waals surface area contributed by atoms with E-state index in [0.717, 1.165) is 30.4 Å². The summed E-state index contributed by atoms with van der Waals surface area (Å²) < 4.78 is 0. The summed E-state index contributed by atoms with van der Waals surface area (Å²) in [6, 6.07) is 5.76. The van der Waals surface area contributed by atoms with Crippen LogP contribution in [0.3, 0.4) is 0 Å². The van der Waals surface area contributed by atoms with E-state index in [4.69, 9.17) is 0 Å². The van der Waals surface area contributed by atoms with Gasteiger partial charge in [0.25, 0.3) is 0 Å². The lowest BCUT2D eigenvalue weighted by atomic mass is 10.0. The van der Waals surface area contributed by atoms with Crippen molar-refractivity contribution >= 4 is 0 Å². The number of rotatable bonds is 3. The van der Waals surface area contributed by atoms with Crippen molar-refractivity contribution in [1.82, 2.24) is 0 Å². The van der Waals surface area contributed by atoms with E-state index in [9.17, 15) is 10.2 Å². The van der Waals surface area contributed by atoms with Crippen molar-refractivity contribution in [3.8, 4) is 5.75 Å². The quantitative estimate of drug-likeness (QED) is 0.769. The lowest BCUT2D eigenvalue weighted by Gasteiger charge is -2.11. The third-order valence-electron chi connectivity index (χ3n) is 2.93. The zero-order chi connectivity index (χ0) is 10.2. The van der Waals surface area contributed by atoms with Gasteiger partial charge in [-0.2, -0.15) is 0 Å². The number of hydrogen-bond donors (Lipinski definition) is 2. The predicted octanol–water partition coefficient (Wildman–Crippen LogP) is 2.02. The van der Waals surface area contributed by atoms with Gasteiger partial charge in [0.1, 0.15) is 5.75 Å². The fraction of sp³-hybridized carbons (Fsp3) is 0.500. The summed E-state index contributed by atoms with van der Waals surface area (Å²) in [5.41, 5.74) is 1.32. The Morgan fingerprint density at radius 1 is 1.29 bits per heavy atom. The first-order valence-corrected chi connectivity index (χ1v) is 5.17. The summed E-state index contributed by atoms with van der Waals surface area (Å²) in [6.07, 6.45) is 3.15.